The fourth-order valence-electron chi connectivity index (χ4n) is 1.88. The lowest BCUT2D eigenvalue weighted by atomic mass is 9.86. The zero-order chi connectivity index (χ0) is 13.3. The van der Waals surface area contributed by atoms with Crippen molar-refractivity contribution in [3.8, 4) is 0 Å². The van der Waals surface area contributed by atoms with E-state index in [9.17, 15) is 22.8 Å². The Kier molecular flexibility index (Phi) is 3.65. The number of halogens is 3. The van der Waals surface area contributed by atoms with Gasteiger partial charge in [0.2, 0.25) is 5.91 Å². The molecule has 1 aliphatic heterocycles. The van der Waals surface area contributed by atoms with Crippen molar-refractivity contribution in [2.24, 2.45) is 11.1 Å². The monoisotopic (exact) mass is 254 g/mol. The fourth-order valence-corrected chi connectivity index (χ4v) is 1.88. The number of likely N-dealkylation sites (tertiary alicyclic amines) is 1. The number of primary amides is 1. The van der Waals surface area contributed by atoms with E-state index in [-0.39, 0.29) is 19.5 Å². The summed E-state index contributed by atoms with van der Waals surface area (Å²) in [6.45, 7) is -0.571. The third-order valence-corrected chi connectivity index (χ3v) is 2.97. The Hall–Kier alpha value is -1.31. The minimum atomic E-state index is -4.79. The first-order chi connectivity index (χ1) is 7.69. The second kappa shape index (κ2) is 4.52. The van der Waals surface area contributed by atoms with Gasteiger partial charge < -0.3 is 15.7 Å². The summed E-state index contributed by atoms with van der Waals surface area (Å²) in [6.07, 6.45) is -5.36. The number of carbonyl (C=O) groups is 2. The Morgan fingerprint density at radius 3 is 2.35 bits per heavy atom. The van der Waals surface area contributed by atoms with Crippen LogP contribution in [0.4, 0.5) is 13.2 Å². The number of rotatable bonds is 4. The predicted molar refractivity (Wildman–Crippen MR) is 51.0 cm³/mol. The zero-order valence-corrected chi connectivity index (χ0v) is 8.96. The summed E-state index contributed by atoms with van der Waals surface area (Å²) in [4.78, 5) is 22.6. The molecule has 17 heavy (non-hydrogen) atoms. The normalized spacial score (nSPS) is 26.1. The van der Waals surface area contributed by atoms with Gasteiger partial charge in [0.1, 0.15) is 0 Å². The quantitative estimate of drug-likeness (QED) is 0.750. The zero-order valence-electron chi connectivity index (χ0n) is 8.96. The van der Waals surface area contributed by atoms with Gasteiger partial charge in [0.15, 0.2) is 5.41 Å². The molecule has 1 fully saturated rings. The van der Waals surface area contributed by atoms with Crippen LogP contribution in [0, 0.1) is 5.41 Å². The number of amides is 1. The lowest BCUT2D eigenvalue weighted by Crippen LogP contribution is -2.47. The minimum Gasteiger partial charge on any atom is -0.481 e. The average Bonchev–Trinajstić information content (AvgIpc) is 2.58. The maximum atomic E-state index is 12.7. The minimum absolute atomic E-state index is 0.000903. The van der Waals surface area contributed by atoms with Crippen LogP contribution in [0.25, 0.3) is 0 Å². The topological polar surface area (TPSA) is 83.6 Å². The highest BCUT2D eigenvalue weighted by Gasteiger charge is 2.63. The maximum absolute atomic E-state index is 12.7. The number of hydrogen-bond acceptors (Lipinski definition) is 3. The van der Waals surface area contributed by atoms with Crippen molar-refractivity contribution in [1.82, 2.24) is 4.90 Å². The number of carbonyl (C=O) groups excluding carboxylic acids is 1. The van der Waals surface area contributed by atoms with Gasteiger partial charge >= 0.3 is 12.1 Å². The van der Waals surface area contributed by atoms with E-state index < -0.39 is 36.4 Å². The van der Waals surface area contributed by atoms with Gasteiger partial charge in [0.05, 0.1) is 0 Å². The molecule has 0 aromatic rings. The first-order valence-electron chi connectivity index (χ1n) is 5.00. The highest BCUT2D eigenvalue weighted by Crippen LogP contribution is 2.45. The Balaban J connectivity index is 2.73. The summed E-state index contributed by atoms with van der Waals surface area (Å²) in [6, 6.07) is 0. The van der Waals surface area contributed by atoms with E-state index >= 15 is 0 Å². The molecule has 1 atom stereocenters. The number of nitrogens with zero attached hydrogens (tertiary/aromatic N) is 1. The van der Waals surface area contributed by atoms with E-state index in [4.69, 9.17) is 10.8 Å². The van der Waals surface area contributed by atoms with Crippen LogP contribution in [0.2, 0.25) is 0 Å². The standard InChI is InChI=1S/C9H13F3N2O3/c10-9(11,12)8(7(16)17)2-4-14(5-8)3-1-6(13)15/h1-5H2,(H2,13,15)(H,16,17). The molecular formula is C9H13F3N2O3. The first kappa shape index (κ1) is 13.8. The Labute approximate surface area is 95.4 Å². The van der Waals surface area contributed by atoms with Gasteiger partial charge in [-0.05, 0) is 13.0 Å². The molecule has 0 radical (unpaired) electrons. The number of aliphatic carboxylic acids is 1. The Morgan fingerprint density at radius 2 is 2.00 bits per heavy atom. The number of carboxylic acid groups (broad SMARTS) is 1. The molecule has 5 nitrogen and oxygen atoms in total. The van der Waals surface area contributed by atoms with E-state index in [0.717, 1.165) is 0 Å². The highest BCUT2D eigenvalue weighted by atomic mass is 19.4. The van der Waals surface area contributed by atoms with Gasteiger partial charge in [0.25, 0.3) is 0 Å². The Morgan fingerprint density at radius 1 is 1.41 bits per heavy atom. The molecule has 0 spiro atoms. The van der Waals surface area contributed by atoms with E-state index in [1.165, 1.54) is 4.90 Å². The summed E-state index contributed by atoms with van der Waals surface area (Å²) >= 11 is 0. The van der Waals surface area contributed by atoms with Crippen LogP contribution in [0.15, 0.2) is 0 Å². The SMILES string of the molecule is NC(=O)CCN1CCC(C(=O)O)(C(F)(F)F)C1. The molecule has 0 aromatic carbocycles. The van der Waals surface area contributed by atoms with Crippen LogP contribution in [0.5, 0.6) is 0 Å². The van der Waals surface area contributed by atoms with Crippen LogP contribution in [-0.2, 0) is 9.59 Å². The molecule has 1 saturated heterocycles. The van der Waals surface area contributed by atoms with E-state index in [0.29, 0.717) is 0 Å². The van der Waals surface area contributed by atoms with Crippen molar-refractivity contribution in [3.05, 3.63) is 0 Å². The fraction of sp³-hybridized carbons (Fsp3) is 0.778. The molecule has 8 heteroatoms. The third kappa shape index (κ3) is 2.68. The molecule has 1 amide bonds. The van der Waals surface area contributed by atoms with E-state index in [1.807, 2.05) is 0 Å². The highest BCUT2D eigenvalue weighted by molar-refractivity contribution is 5.76. The molecule has 3 N–H and O–H groups in total. The van der Waals surface area contributed by atoms with Crippen LogP contribution in [-0.4, -0.2) is 47.7 Å². The molecule has 98 valence electrons. The van der Waals surface area contributed by atoms with E-state index in [1.54, 1.807) is 0 Å². The van der Waals surface area contributed by atoms with Crippen LogP contribution in [0.3, 0.4) is 0 Å². The molecule has 1 unspecified atom stereocenters. The molecule has 1 aliphatic rings. The van der Waals surface area contributed by atoms with Gasteiger partial charge in [-0.25, -0.2) is 0 Å². The van der Waals surface area contributed by atoms with Gasteiger partial charge in [-0.1, -0.05) is 0 Å². The summed E-state index contributed by atoms with van der Waals surface area (Å²) < 4.78 is 38.2. The summed E-state index contributed by atoms with van der Waals surface area (Å²) in [5.41, 5.74) is 2.16. The van der Waals surface area contributed by atoms with Gasteiger partial charge in [0, 0.05) is 19.5 Å². The van der Waals surface area contributed by atoms with Crippen molar-refractivity contribution in [2.75, 3.05) is 19.6 Å². The second-order valence-electron chi connectivity index (χ2n) is 4.13. The average molecular weight is 254 g/mol. The van der Waals surface area contributed by atoms with Crippen molar-refractivity contribution < 1.29 is 27.9 Å². The maximum Gasteiger partial charge on any atom is 0.406 e. The second-order valence-corrected chi connectivity index (χ2v) is 4.13. The van der Waals surface area contributed by atoms with E-state index in [2.05, 4.69) is 0 Å². The molecular weight excluding hydrogens is 241 g/mol. The Bertz CT molecular complexity index is 332. The summed E-state index contributed by atoms with van der Waals surface area (Å²) in [5, 5.41) is 8.76. The van der Waals surface area contributed by atoms with Gasteiger partial charge in [-0.2, -0.15) is 13.2 Å². The van der Waals surface area contributed by atoms with Gasteiger partial charge in [-0.3, -0.25) is 9.59 Å². The molecule has 0 bridgehead atoms. The van der Waals surface area contributed by atoms with Crippen LogP contribution >= 0.6 is 0 Å². The molecule has 1 rings (SSSR count). The largest absolute Gasteiger partial charge is 0.481 e. The third-order valence-electron chi connectivity index (χ3n) is 2.97. The summed E-state index contributed by atoms with van der Waals surface area (Å²) in [5.74, 6) is -2.49. The number of carboxylic acids is 1. The number of hydrogen-bond donors (Lipinski definition) is 2. The summed E-state index contributed by atoms with van der Waals surface area (Å²) in [7, 11) is 0. The van der Waals surface area contributed by atoms with Crippen molar-refractivity contribution in [2.45, 2.75) is 19.0 Å². The van der Waals surface area contributed by atoms with Crippen molar-refractivity contribution >= 4 is 11.9 Å². The molecule has 0 saturated carbocycles. The lowest BCUT2D eigenvalue weighted by Gasteiger charge is -2.27. The molecule has 1 heterocycles. The molecule has 0 aromatic heterocycles. The lowest BCUT2D eigenvalue weighted by molar-refractivity contribution is -0.227. The molecule has 0 aliphatic carbocycles. The van der Waals surface area contributed by atoms with Crippen LogP contribution in [0.1, 0.15) is 12.8 Å². The predicted octanol–water partition coefficient (Wildman–Crippen LogP) is 0.201. The first-order valence-corrected chi connectivity index (χ1v) is 5.00. The smallest absolute Gasteiger partial charge is 0.406 e. The number of alkyl halides is 3. The van der Waals surface area contributed by atoms with Gasteiger partial charge in [-0.15, -0.1) is 0 Å². The van der Waals surface area contributed by atoms with Crippen molar-refractivity contribution in [1.29, 1.82) is 0 Å². The van der Waals surface area contributed by atoms with Crippen molar-refractivity contribution in [3.63, 3.8) is 0 Å². The van der Waals surface area contributed by atoms with Crippen LogP contribution < -0.4 is 5.73 Å². The number of nitrogens with two attached hydrogens (primary N) is 1.